The standard InChI is InChI=1S/C34H61N/c1-26-12-14-32(15-13-26)25-29(4)34(11-7-8-22-35)24-27(2)23-31-18-16-30(17-19-31)20-21-33-10-6-5-9-28(33)3/h12,14-15,26-31,33-34H,5-11,13,16-25,35H2,1-4H3/t26?,27?,28?,29?,30?,31?,33?,34-/m1/s1. The van der Waals surface area contributed by atoms with E-state index >= 15 is 0 Å². The zero-order chi connectivity index (χ0) is 25.0. The molecule has 3 aliphatic carbocycles. The Morgan fingerprint density at radius 2 is 1.66 bits per heavy atom. The molecule has 2 fully saturated rings. The Morgan fingerprint density at radius 3 is 2.34 bits per heavy atom. The minimum absolute atomic E-state index is 0.723. The average molecular weight is 484 g/mol. The van der Waals surface area contributed by atoms with Gasteiger partial charge in [0.05, 0.1) is 0 Å². The molecular formula is C34H61N. The molecule has 3 rings (SSSR count). The third-order valence-corrected chi connectivity index (χ3v) is 10.4. The van der Waals surface area contributed by atoms with Gasteiger partial charge in [-0.05, 0) is 92.4 Å². The van der Waals surface area contributed by atoms with Gasteiger partial charge in [-0.15, -0.1) is 0 Å². The molecule has 0 bridgehead atoms. The summed E-state index contributed by atoms with van der Waals surface area (Å²) >= 11 is 0. The van der Waals surface area contributed by atoms with Crippen molar-refractivity contribution in [2.45, 2.75) is 137 Å². The Bertz CT molecular complexity index is 625. The van der Waals surface area contributed by atoms with Gasteiger partial charge in [0.25, 0.3) is 0 Å². The van der Waals surface area contributed by atoms with Gasteiger partial charge in [-0.2, -0.15) is 0 Å². The number of rotatable bonds is 14. The molecule has 0 aromatic heterocycles. The van der Waals surface area contributed by atoms with E-state index in [0.717, 1.165) is 53.9 Å². The predicted molar refractivity (Wildman–Crippen MR) is 155 cm³/mol. The van der Waals surface area contributed by atoms with E-state index in [9.17, 15) is 0 Å². The molecule has 0 aliphatic heterocycles. The summed E-state index contributed by atoms with van der Waals surface area (Å²) in [6.07, 6.45) is 31.8. The summed E-state index contributed by atoms with van der Waals surface area (Å²) in [5.74, 6) is 7.33. The van der Waals surface area contributed by atoms with E-state index in [1.807, 2.05) is 0 Å². The van der Waals surface area contributed by atoms with E-state index in [2.05, 4.69) is 45.9 Å². The van der Waals surface area contributed by atoms with Crippen LogP contribution >= 0.6 is 0 Å². The summed E-state index contributed by atoms with van der Waals surface area (Å²) in [7, 11) is 0. The lowest BCUT2D eigenvalue weighted by Crippen LogP contribution is -2.22. The van der Waals surface area contributed by atoms with Crippen molar-refractivity contribution in [2.24, 2.45) is 53.1 Å². The lowest BCUT2D eigenvalue weighted by atomic mass is 9.72. The van der Waals surface area contributed by atoms with E-state index in [0.29, 0.717) is 0 Å². The van der Waals surface area contributed by atoms with Gasteiger partial charge >= 0.3 is 0 Å². The molecule has 0 spiro atoms. The normalized spacial score (nSPS) is 32.1. The third kappa shape index (κ3) is 10.4. The van der Waals surface area contributed by atoms with Crippen LogP contribution in [0.2, 0.25) is 0 Å². The van der Waals surface area contributed by atoms with Gasteiger partial charge in [-0.3, -0.25) is 0 Å². The Kier molecular flexibility index (Phi) is 13.0. The summed E-state index contributed by atoms with van der Waals surface area (Å²) in [5.41, 5.74) is 7.43. The molecule has 202 valence electrons. The smallest absolute Gasteiger partial charge is 0.00773 e. The van der Waals surface area contributed by atoms with Crippen LogP contribution in [-0.4, -0.2) is 6.54 Å². The van der Waals surface area contributed by atoms with E-state index in [1.165, 1.54) is 109 Å². The highest BCUT2D eigenvalue weighted by Crippen LogP contribution is 2.40. The molecule has 2 N–H and O–H groups in total. The number of hydrogen-bond acceptors (Lipinski definition) is 1. The number of nitrogens with two attached hydrogens (primary N) is 1. The summed E-state index contributed by atoms with van der Waals surface area (Å²) in [6, 6.07) is 0. The van der Waals surface area contributed by atoms with Crippen molar-refractivity contribution in [1.29, 1.82) is 0 Å². The van der Waals surface area contributed by atoms with Gasteiger partial charge < -0.3 is 5.73 Å². The first-order chi connectivity index (χ1) is 16.9. The maximum absolute atomic E-state index is 5.84. The highest BCUT2D eigenvalue weighted by molar-refractivity contribution is 5.23. The summed E-state index contributed by atoms with van der Waals surface area (Å²) in [6.45, 7) is 10.8. The molecule has 3 aliphatic rings. The van der Waals surface area contributed by atoms with Gasteiger partial charge in [0, 0.05) is 0 Å². The SMILES string of the molecule is CC1C=CC(CC(C)[C@H](CCCCN)CC(C)CC2CCC(CCC3CCCCC3C)CC2)=CC1. The number of hydrogen-bond donors (Lipinski definition) is 1. The van der Waals surface area contributed by atoms with Crippen molar-refractivity contribution in [3.63, 3.8) is 0 Å². The van der Waals surface area contributed by atoms with Crippen LogP contribution < -0.4 is 5.73 Å². The summed E-state index contributed by atoms with van der Waals surface area (Å²) in [4.78, 5) is 0. The van der Waals surface area contributed by atoms with Crippen molar-refractivity contribution in [3.8, 4) is 0 Å². The molecule has 6 atom stereocenters. The summed E-state index contributed by atoms with van der Waals surface area (Å²) < 4.78 is 0. The Balaban J connectivity index is 1.39. The van der Waals surface area contributed by atoms with Gasteiger partial charge in [0.2, 0.25) is 0 Å². The molecule has 0 aromatic rings. The van der Waals surface area contributed by atoms with Gasteiger partial charge in [0.1, 0.15) is 0 Å². The second-order valence-electron chi connectivity index (χ2n) is 13.6. The predicted octanol–water partition coefficient (Wildman–Crippen LogP) is 10.1. The van der Waals surface area contributed by atoms with Gasteiger partial charge in [0.15, 0.2) is 0 Å². The van der Waals surface area contributed by atoms with Crippen LogP contribution in [-0.2, 0) is 0 Å². The van der Waals surface area contributed by atoms with Crippen molar-refractivity contribution in [2.75, 3.05) is 6.54 Å². The Morgan fingerprint density at radius 1 is 0.914 bits per heavy atom. The van der Waals surface area contributed by atoms with Gasteiger partial charge in [-0.1, -0.05) is 122 Å². The van der Waals surface area contributed by atoms with Crippen molar-refractivity contribution >= 4 is 0 Å². The fourth-order valence-corrected chi connectivity index (χ4v) is 7.86. The highest BCUT2D eigenvalue weighted by Gasteiger charge is 2.27. The first kappa shape index (κ1) is 29.0. The molecule has 0 radical (unpaired) electrons. The van der Waals surface area contributed by atoms with E-state index in [1.54, 1.807) is 5.57 Å². The van der Waals surface area contributed by atoms with E-state index in [-0.39, 0.29) is 0 Å². The van der Waals surface area contributed by atoms with Crippen molar-refractivity contribution in [3.05, 3.63) is 23.8 Å². The fraction of sp³-hybridized carbons (Fsp3) is 0.882. The molecule has 0 aromatic carbocycles. The minimum atomic E-state index is 0.723. The quantitative estimate of drug-likeness (QED) is 0.244. The van der Waals surface area contributed by atoms with Crippen LogP contribution in [0.1, 0.15) is 137 Å². The largest absolute Gasteiger partial charge is 0.330 e. The zero-order valence-corrected chi connectivity index (χ0v) is 24.2. The maximum Gasteiger partial charge on any atom is -0.00773 e. The second kappa shape index (κ2) is 15.6. The van der Waals surface area contributed by atoms with Crippen LogP contribution in [0.15, 0.2) is 23.8 Å². The molecule has 0 saturated heterocycles. The molecule has 0 heterocycles. The van der Waals surface area contributed by atoms with Gasteiger partial charge in [-0.25, -0.2) is 0 Å². The Hall–Kier alpha value is -0.560. The highest BCUT2D eigenvalue weighted by atomic mass is 14.5. The molecule has 1 nitrogen and oxygen atoms in total. The molecule has 1 heteroatoms. The van der Waals surface area contributed by atoms with E-state index in [4.69, 9.17) is 5.73 Å². The topological polar surface area (TPSA) is 26.0 Å². The van der Waals surface area contributed by atoms with Crippen LogP contribution in [0.4, 0.5) is 0 Å². The van der Waals surface area contributed by atoms with Crippen LogP contribution in [0.25, 0.3) is 0 Å². The van der Waals surface area contributed by atoms with Crippen LogP contribution in [0.5, 0.6) is 0 Å². The number of allylic oxidation sites excluding steroid dienone is 4. The van der Waals surface area contributed by atoms with Crippen LogP contribution in [0, 0.1) is 47.3 Å². The minimum Gasteiger partial charge on any atom is -0.330 e. The third-order valence-electron chi connectivity index (χ3n) is 10.4. The summed E-state index contributed by atoms with van der Waals surface area (Å²) in [5, 5.41) is 0. The van der Waals surface area contributed by atoms with Crippen molar-refractivity contribution in [1.82, 2.24) is 0 Å². The lowest BCUT2D eigenvalue weighted by molar-refractivity contribution is 0.181. The molecule has 0 amide bonds. The lowest BCUT2D eigenvalue weighted by Gasteiger charge is -2.34. The average Bonchev–Trinajstić information content (AvgIpc) is 2.85. The molecule has 35 heavy (non-hydrogen) atoms. The first-order valence-corrected chi connectivity index (χ1v) is 16.0. The maximum atomic E-state index is 5.84. The molecular weight excluding hydrogens is 422 g/mol. The second-order valence-corrected chi connectivity index (χ2v) is 13.6. The van der Waals surface area contributed by atoms with Crippen molar-refractivity contribution < 1.29 is 0 Å². The number of unbranched alkanes of at least 4 members (excludes halogenated alkanes) is 1. The zero-order valence-electron chi connectivity index (χ0n) is 24.2. The Labute approximate surface area is 220 Å². The van der Waals surface area contributed by atoms with Crippen LogP contribution in [0.3, 0.4) is 0 Å². The monoisotopic (exact) mass is 483 g/mol. The van der Waals surface area contributed by atoms with E-state index < -0.39 is 0 Å². The molecule has 2 saturated carbocycles. The molecule has 5 unspecified atom stereocenters. The first-order valence-electron chi connectivity index (χ1n) is 16.0. The fourth-order valence-electron chi connectivity index (χ4n) is 7.86.